The molecule has 1 fully saturated rings. The van der Waals surface area contributed by atoms with Crippen LogP contribution >= 0.6 is 0 Å². The lowest BCUT2D eigenvalue weighted by molar-refractivity contribution is -0.190. The SMILES string of the molecule is CCCCCC1(CCCCC)O[C@@H]2[C@@H](C=C(C(=O)N(C)[C@H](Cc3ccccc3)C(=O)N[C@H](CO)CCC(=O)OC(C)(C)C)C[C@H]2OC(=O)c2ccccc2C=CC(=O)N(C)C)O1. The summed E-state index contributed by atoms with van der Waals surface area (Å²) in [4.78, 5) is 70.7. The van der Waals surface area contributed by atoms with Crippen LogP contribution in [0.3, 0.4) is 0 Å². The van der Waals surface area contributed by atoms with Gasteiger partial charge in [-0.05, 0) is 69.4 Å². The molecule has 1 aliphatic heterocycles. The average molecular weight is 860 g/mol. The van der Waals surface area contributed by atoms with Crippen molar-refractivity contribution in [2.45, 2.75) is 153 Å². The number of hydrogen-bond donors (Lipinski definition) is 2. The van der Waals surface area contributed by atoms with Crippen molar-refractivity contribution in [1.29, 1.82) is 0 Å². The number of aliphatic hydroxyl groups is 1. The molecule has 13 heteroatoms. The van der Waals surface area contributed by atoms with Gasteiger partial charge in [-0.3, -0.25) is 19.2 Å². The van der Waals surface area contributed by atoms with Gasteiger partial charge in [0, 0.05) is 64.9 Å². The highest BCUT2D eigenvalue weighted by Crippen LogP contribution is 2.43. The van der Waals surface area contributed by atoms with Crippen LogP contribution in [0.5, 0.6) is 0 Å². The molecule has 3 amide bonds. The molecule has 4 rings (SSSR count). The normalized spacial score (nSPS) is 19.2. The quantitative estimate of drug-likeness (QED) is 0.0721. The molecule has 2 aromatic carbocycles. The second kappa shape index (κ2) is 23.6. The van der Waals surface area contributed by atoms with Gasteiger partial charge in [-0.15, -0.1) is 0 Å². The van der Waals surface area contributed by atoms with Gasteiger partial charge in [0.15, 0.2) is 5.79 Å². The molecule has 340 valence electrons. The lowest BCUT2D eigenvalue weighted by atomic mass is 9.90. The maximum absolute atomic E-state index is 14.8. The van der Waals surface area contributed by atoms with Gasteiger partial charge in [-0.25, -0.2) is 4.79 Å². The highest BCUT2D eigenvalue weighted by molar-refractivity contribution is 5.98. The number of likely N-dealkylation sites (N-methyl/N-ethyl adjacent to an activating group) is 2. The van der Waals surface area contributed by atoms with Gasteiger partial charge in [0.1, 0.15) is 30.0 Å². The fraction of sp³-hybridized carbons (Fsp3) is 0.571. The van der Waals surface area contributed by atoms with Crippen molar-refractivity contribution >= 4 is 35.7 Å². The molecule has 2 aliphatic rings. The second-order valence-corrected chi connectivity index (χ2v) is 17.6. The number of rotatable bonds is 22. The summed E-state index contributed by atoms with van der Waals surface area (Å²) in [5.41, 5.74) is 1.16. The second-order valence-electron chi connectivity index (χ2n) is 17.6. The zero-order chi connectivity index (χ0) is 45.5. The molecule has 1 aliphatic carbocycles. The first kappa shape index (κ1) is 49.8. The molecule has 1 heterocycles. The summed E-state index contributed by atoms with van der Waals surface area (Å²) < 4.78 is 25.4. The first-order valence-corrected chi connectivity index (χ1v) is 22.2. The number of amides is 3. The van der Waals surface area contributed by atoms with E-state index in [4.69, 9.17) is 18.9 Å². The van der Waals surface area contributed by atoms with E-state index in [0.717, 1.165) is 44.1 Å². The Kier molecular flexibility index (Phi) is 18.9. The third kappa shape index (κ3) is 14.6. The predicted molar refractivity (Wildman–Crippen MR) is 238 cm³/mol. The molecular weight excluding hydrogens is 791 g/mol. The number of benzene rings is 2. The minimum Gasteiger partial charge on any atom is -0.460 e. The molecule has 0 spiro atoms. The first-order chi connectivity index (χ1) is 29.5. The molecule has 1 saturated heterocycles. The number of ether oxygens (including phenoxy) is 4. The van der Waals surface area contributed by atoms with Crippen molar-refractivity contribution in [3.63, 3.8) is 0 Å². The monoisotopic (exact) mass is 859 g/mol. The minimum absolute atomic E-state index is 0.00854. The van der Waals surface area contributed by atoms with E-state index in [1.807, 2.05) is 30.3 Å². The first-order valence-electron chi connectivity index (χ1n) is 22.2. The fourth-order valence-corrected chi connectivity index (χ4v) is 7.73. The third-order valence-electron chi connectivity index (χ3n) is 11.1. The smallest absolute Gasteiger partial charge is 0.339 e. The number of hydrogen-bond acceptors (Lipinski definition) is 10. The molecule has 62 heavy (non-hydrogen) atoms. The Balaban J connectivity index is 1.67. The Morgan fingerprint density at radius 1 is 0.919 bits per heavy atom. The van der Waals surface area contributed by atoms with Gasteiger partial charge in [-0.2, -0.15) is 0 Å². The number of carbonyl (C=O) groups excluding carboxylic acids is 5. The van der Waals surface area contributed by atoms with E-state index >= 15 is 0 Å². The maximum Gasteiger partial charge on any atom is 0.339 e. The average Bonchev–Trinajstić information content (AvgIpc) is 3.61. The molecule has 0 radical (unpaired) electrons. The maximum atomic E-state index is 14.8. The summed E-state index contributed by atoms with van der Waals surface area (Å²) in [6.07, 6.45) is 9.65. The highest BCUT2D eigenvalue weighted by Gasteiger charge is 2.53. The van der Waals surface area contributed by atoms with Crippen molar-refractivity contribution in [1.82, 2.24) is 15.1 Å². The van der Waals surface area contributed by atoms with Crippen molar-refractivity contribution in [2.24, 2.45) is 0 Å². The van der Waals surface area contributed by atoms with Crippen LogP contribution in [0.4, 0.5) is 0 Å². The third-order valence-corrected chi connectivity index (χ3v) is 11.1. The molecule has 2 aromatic rings. The number of aliphatic hydroxyl groups excluding tert-OH is 1. The van der Waals surface area contributed by atoms with E-state index in [2.05, 4.69) is 19.2 Å². The number of carbonyl (C=O) groups is 5. The molecular formula is C49H69N3O10. The van der Waals surface area contributed by atoms with Crippen molar-refractivity contribution in [2.75, 3.05) is 27.7 Å². The number of esters is 2. The topological polar surface area (TPSA) is 161 Å². The fourth-order valence-electron chi connectivity index (χ4n) is 7.73. The van der Waals surface area contributed by atoms with Crippen molar-refractivity contribution in [3.8, 4) is 0 Å². The molecule has 0 unspecified atom stereocenters. The van der Waals surface area contributed by atoms with Gasteiger partial charge >= 0.3 is 11.9 Å². The Hall–Kier alpha value is -4.85. The Morgan fingerprint density at radius 3 is 2.18 bits per heavy atom. The van der Waals surface area contributed by atoms with Crippen LogP contribution in [0.2, 0.25) is 0 Å². The van der Waals surface area contributed by atoms with Crippen LogP contribution in [0.25, 0.3) is 6.08 Å². The zero-order valence-electron chi connectivity index (χ0n) is 38.0. The van der Waals surface area contributed by atoms with E-state index in [9.17, 15) is 29.1 Å². The molecule has 2 N–H and O–H groups in total. The summed E-state index contributed by atoms with van der Waals surface area (Å²) in [5, 5.41) is 13.1. The number of nitrogens with one attached hydrogen (secondary N) is 1. The Morgan fingerprint density at radius 2 is 1.56 bits per heavy atom. The van der Waals surface area contributed by atoms with Gasteiger partial charge < -0.3 is 39.2 Å². The van der Waals surface area contributed by atoms with Crippen LogP contribution in [0.15, 0.2) is 72.3 Å². The number of nitrogens with zero attached hydrogens (tertiary/aromatic N) is 2. The van der Waals surface area contributed by atoms with Crippen LogP contribution in [0, 0.1) is 0 Å². The van der Waals surface area contributed by atoms with Crippen LogP contribution in [-0.2, 0) is 44.5 Å². The van der Waals surface area contributed by atoms with Crippen molar-refractivity contribution < 1.29 is 48.0 Å². The lowest BCUT2D eigenvalue weighted by Crippen LogP contribution is -2.53. The molecule has 0 aromatic heterocycles. The zero-order valence-corrected chi connectivity index (χ0v) is 38.0. The van der Waals surface area contributed by atoms with Gasteiger partial charge in [-0.1, -0.05) is 88.1 Å². The predicted octanol–water partition coefficient (Wildman–Crippen LogP) is 6.95. The minimum atomic E-state index is -1.02. The number of fused-ring (bicyclic) bond motifs is 1. The van der Waals surface area contributed by atoms with Crippen LogP contribution < -0.4 is 5.32 Å². The summed E-state index contributed by atoms with van der Waals surface area (Å²) in [5.74, 6) is -3.24. The van der Waals surface area contributed by atoms with Crippen LogP contribution in [-0.4, -0.2) is 114 Å². The summed E-state index contributed by atoms with van der Waals surface area (Å²) in [6, 6.07) is 14.3. The van der Waals surface area contributed by atoms with E-state index in [-0.39, 0.29) is 37.2 Å². The molecule has 0 saturated carbocycles. The van der Waals surface area contributed by atoms with Crippen LogP contribution in [0.1, 0.15) is 127 Å². The van der Waals surface area contributed by atoms with E-state index in [0.29, 0.717) is 24.0 Å². The standard InChI is InChI=1S/C49H69N3O10/c1-9-11-18-28-49(29-19-12-10-2)60-41-32-36(31-40(44(41)62-49)59-47(58)38-23-17-16-22-35(38)24-26-42(54)51(6)7)46(57)52(8)39(30-34-20-14-13-15-21-34)45(56)50-37(33-53)25-27-43(55)61-48(3,4)5/h13-17,20-24,26,32,37,39-41,44,53H,9-12,18-19,25,27-31,33H2,1-8H3,(H,50,56)/t37-,39+,40+,41+,44-/m0/s1. The largest absolute Gasteiger partial charge is 0.460 e. The van der Waals surface area contributed by atoms with Gasteiger partial charge in [0.05, 0.1) is 18.2 Å². The molecule has 0 bridgehead atoms. The van der Waals surface area contributed by atoms with E-state index in [1.165, 1.54) is 15.9 Å². The van der Waals surface area contributed by atoms with E-state index < -0.39 is 72.1 Å². The van der Waals surface area contributed by atoms with Gasteiger partial charge in [0.25, 0.3) is 0 Å². The molecule has 13 nitrogen and oxygen atoms in total. The number of unbranched alkanes of at least 4 members (excludes halogenated alkanes) is 4. The summed E-state index contributed by atoms with van der Waals surface area (Å²) >= 11 is 0. The lowest BCUT2D eigenvalue weighted by Gasteiger charge is -2.34. The highest BCUT2D eigenvalue weighted by atomic mass is 16.8. The Labute approximate surface area is 368 Å². The van der Waals surface area contributed by atoms with Gasteiger partial charge in [0.2, 0.25) is 17.7 Å². The summed E-state index contributed by atoms with van der Waals surface area (Å²) in [6.45, 7) is 9.15. The Bertz CT molecular complexity index is 1860. The summed E-state index contributed by atoms with van der Waals surface area (Å²) in [7, 11) is 4.84. The molecule has 5 atom stereocenters. The van der Waals surface area contributed by atoms with Crippen molar-refractivity contribution in [3.05, 3.63) is 89.0 Å². The van der Waals surface area contributed by atoms with E-state index in [1.54, 1.807) is 78.3 Å².